The van der Waals surface area contributed by atoms with Gasteiger partial charge < -0.3 is 9.47 Å². The molecule has 0 amide bonds. The van der Waals surface area contributed by atoms with Gasteiger partial charge in [-0.3, -0.25) is 0 Å². The van der Waals surface area contributed by atoms with E-state index in [1.165, 1.54) is 0 Å². The highest BCUT2D eigenvalue weighted by atomic mass is 16.5. The van der Waals surface area contributed by atoms with Crippen LogP contribution in [-0.4, -0.2) is 7.11 Å². The summed E-state index contributed by atoms with van der Waals surface area (Å²) in [5.74, 6) is 0.751. The van der Waals surface area contributed by atoms with Crippen LogP contribution >= 0.6 is 0 Å². The zero-order valence-corrected chi connectivity index (χ0v) is 12.5. The second-order valence-corrected chi connectivity index (χ2v) is 4.90. The van der Waals surface area contributed by atoms with E-state index in [-0.39, 0.29) is 16.9 Å². The molecular weight excluding hydrogens is 278 g/mol. The molecule has 1 unspecified atom stereocenters. The first-order valence-electron chi connectivity index (χ1n) is 6.51. The Morgan fingerprint density at radius 3 is 2.18 bits per heavy atom. The molecule has 0 spiro atoms. The maximum atomic E-state index is 9.35. The molecule has 0 radical (unpaired) electrons. The molecule has 0 saturated heterocycles. The van der Waals surface area contributed by atoms with Crippen LogP contribution in [-0.2, 0) is 10.3 Å². The Balaban J connectivity index is 2.61. The summed E-state index contributed by atoms with van der Waals surface area (Å²) >= 11 is 0. The van der Waals surface area contributed by atoms with Crippen molar-refractivity contribution in [3.63, 3.8) is 0 Å². The molecule has 5 nitrogen and oxygen atoms in total. The van der Waals surface area contributed by atoms with Gasteiger partial charge in [-0.2, -0.15) is 15.8 Å². The van der Waals surface area contributed by atoms with Crippen molar-refractivity contribution in [3.05, 3.63) is 52.3 Å². The van der Waals surface area contributed by atoms with Crippen molar-refractivity contribution in [1.82, 2.24) is 0 Å². The van der Waals surface area contributed by atoms with Crippen LogP contribution in [0.25, 0.3) is 0 Å². The van der Waals surface area contributed by atoms with Crippen LogP contribution in [0.1, 0.15) is 19.4 Å². The minimum Gasteiger partial charge on any atom is -0.497 e. The Morgan fingerprint density at radius 2 is 1.73 bits per heavy atom. The molecule has 0 saturated carbocycles. The number of rotatable bonds is 2. The van der Waals surface area contributed by atoms with E-state index in [1.54, 1.807) is 45.2 Å². The van der Waals surface area contributed by atoms with Crippen LogP contribution in [0.4, 0.5) is 0 Å². The molecule has 0 bridgehead atoms. The van der Waals surface area contributed by atoms with Gasteiger partial charge in [0.1, 0.15) is 24.0 Å². The summed E-state index contributed by atoms with van der Waals surface area (Å²) in [6.45, 7) is 3.57. The topological polar surface area (TPSA) is 89.8 Å². The highest BCUT2D eigenvalue weighted by Crippen LogP contribution is 2.46. The van der Waals surface area contributed by atoms with Crippen molar-refractivity contribution in [2.45, 2.75) is 19.4 Å². The normalized spacial score (nSPS) is 19.7. The van der Waals surface area contributed by atoms with Crippen LogP contribution in [0.3, 0.4) is 0 Å². The minimum absolute atomic E-state index is 0.0447. The van der Waals surface area contributed by atoms with Gasteiger partial charge in [0.15, 0.2) is 16.9 Å². The molecule has 108 valence electrons. The minimum atomic E-state index is -0.897. The predicted molar refractivity (Wildman–Crippen MR) is 78.0 cm³/mol. The fraction of sp³-hybridized carbons (Fsp3) is 0.235. The van der Waals surface area contributed by atoms with E-state index in [1.807, 2.05) is 18.2 Å². The van der Waals surface area contributed by atoms with Crippen molar-refractivity contribution in [2.24, 2.45) is 0 Å². The number of nitriles is 3. The Hall–Kier alpha value is -3.23. The lowest BCUT2D eigenvalue weighted by atomic mass is 9.88. The molecule has 1 aromatic rings. The van der Waals surface area contributed by atoms with Gasteiger partial charge in [-0.1, -0.05) is 12.1 Å². The first-order chi connectivity index (χ1) is 10.5. The monoisotopic (exact) mass is 291 g/mol. The number of hydrogen-bond acceptors (Lipinski definition) is 5. The SMILES string of the molecule is COc1ccc(C2(C)OC(=C(C#N)C#N)C(C#N)=C2C)cc1. The van der Waals surface area contributed by atoms with Crippen molar-refractivity contribution < 1.29 is 9.47 Å². The van der Waals surface area contributed by atoms with E-state index in [2.05, 4.69) is 0 Å². The van der Waals surface area contributed by atoms with Gasteiger partial charge in [0.05, 0.1) is 12.7 Å². The molecule has 0 aromatic heterocycles. The fourth-order valence-electron chi connectivity index (χ4n) is 2.36. The van der Waals surface area contributed by atoms with E-state index >= 15 is 0 Å². The molecule has 22 heavy (non-hydrogen) atoms. The van der Waals surface area contributed by atoms with Crippen molar-refractivity contribution in [1.29, 1.82) is 15.8 Å². The summed E-state index contributed by atoms with van der Waals surface area (Å²) in [7, 11) is 1.58. The largest absolute Gasteiger partial charge is 0.497 e. The quantitative estimate of drug-likeness (QED) is 0.781. The summed E-state index contributed by atoms with van der Waals surface area (Å²) in [6, 6.07) is 12.8. The fourth-order valence-corrected chi connectivity index (χ4v) is 2.36. The summed E-state index contributed by atoms with van der Waals surface area (Å²) in [6.07, 6.45) is 0. The van der Waals surface area contributed by atoms with E-state index < -0.39 is 5.60 Å². The van der Waals surface area contributed by atoms with Gasteiger partial charge in [-0.05, 0) is 37.1 Å². The average Bonchev–Trinajstić information content (AvgIpc) is 2.81. The molecule has 0 N–H and O–H groups in total. The standard InChI is InChI=1S/C17H13N3O2/c1-11-15(10-20)16(12(8-18)9-19)22-17(11,2)13-4-6-14(21-3)7-5-13/h4-7H,1-3H3. The third-order valence-corrected chi connectivity index (χ3v) is 3.83. The zero-order valence-electron chi connectivity index (χ0n) is 12.5. The van der Waals surface area contributed by atoms with Crippen LogP contribution < -0.4 is 4.74 Å². The summed E-state index contributed by atoms with van der Waals surface area (Å²) in [4.78, 5) is 0. The summed E-state index contributed by atoms with van der Waals surface area (Å²) in [5.41, 5.74) is 0.609. The zero-order chi connectivity index (χ0) is 16.3. The second kappa shape index (κ2) is 5.64. The molecule has 0 aliphatic carbocycles. The Bertz CT molecular complexity index is 782. The van der Waals surface area contributed by atoms with Crippen LogP contribution in [0, 0.1) is 34.0 Å². The molecule has 5 heteroatoms. The molecular formula is C17H13N3O2. The molecule has 1 heterocycles. The third-order valence-electron chi connectivity index (χ3n) is 3.83. The smallest absolute Gasteiger partial charge is 0.172 e. The van der Waals surface area contributed by atoms with E-state index in [9.17, 15) is 5.26 Å². The molecule has 1 aliphatic heterocycles. The lowest BCUT2D eigenvalue weighted by Crippen LogP contribution is -2.22. The Kier molecular flexibility index (Phi) is 3.89. The first-order valence-corrected chi connectivity index (χ1v) is 6.51. The molecule has 1 aliphatic rings. The van der Waals surface area contributed by atoms with E-state index in [0.29, 0.717) is 11.3 Å². The number of ether oxygens (including phenoxy) is 2. The highest BCUT2D eigenvalue weighted by molar-refractivity contribution is 5.58. The van der Waals surface area contributed by atoms with Gasteiger partial charge in [-0.25, -0.2) is 0 Å². The number of hydrogen-bond donors (Lipinski definition) is 0. The van der Waals surface area contributed by atoms with Crippen molar-refractivity contribution in [2.75, 3.05) is 7.11 Å². The van der Waals surface area contributed by atoms with Gasteiger partial charge in [-0.15, -0.1) is 0 Å². The molecule has 2 rings (SSSR count). The average molecular weight is 291 g/mol. The van der Waals surface area contributed by atoms with E-state index in [4.69, 9.17) is 20.0 Å². The predicted octanol–water partition coefficient (Wildman–Crippen LogP) is 3.08. The number of nitrogens with zero attached hydrogens (tertiary/aromatic N) is 3. The summed E-state index contributed by atoms with van der Waals surface area (Å²) in [5, 5.41) is 27.4. The van der Waals surface area contributed by atoms with Gasteiger partial charge in [0, 0.05) is 0 Å². The Labute approximate surface area is 128 Å². The second-order valence-electron chi connectivity index (χ2n) is 4.90. The van der Waals surface area contributed by atoms with E-state index in [0.717, 1.165) is 5.56 Å². The van der Waals surface area contributed by atoms with Gasteiger partial charge >= 0.3 is 0 Å². The third kappa shape index (κ3) is 2.18. The van der Waals surface area contributed by atoms with Crippen LogP contribution in [0.15, 0.2) is 46.7 Å². The number of benzene rings is 1. The van der Waals surface area contributed by atoms with Crippen molar-refractivity contribution in [3.8, 4) is 24.0 Å². The van der Waals surface area contributed by atoms with Gasteiger partial charge in [0.2, 0.25) is 0 Å². The number of methoxy groups -OCH3 is 1. The molecule has 1 aromatic carbocycles. The number of allylic oxidation sites excluding steroid dienone is 2. The maximum absolute atomic E-state index is 9.35. The molecule has 0 fully saturated rings. The van der Waals surface area contributed by atoms with Crippen molar-refractivity contribution >= 4 is 0 Å². The highest BCUT2D eigenvalue weighted by Gasteiger charge is 2.42. The molecule has 1 atom stereocenters. The Morgan fingerprint density at radius 1 is 1.14 bits per heavy atom. The first kappa shape index (κ1) is 15.2. The lowest BCUT2D eigenvalue weighted by molar-refractivity contribution is 0.0727. The lowest BCUT2D eigenvalue weighted by Gasteiger charge is -2.27. The van der Waals surface area contributed by atoms with Gasteiger partial charge in [0.25, 0.3) is 0 Å². The van der Waals surface area contributed by atoms with Crippen LogP contribution in [0.2, 0.25) is 0 Å². The van der Waals surface area contributed by atoms with Crippen LogP contribution in [0.5, 0.6) is 5.75 Å². The maximum Gasteiger partial charge on any atom is 0.172 e. The summed E-state index contributed by atoms with van der Waals surface area (Å²) < 4.78 is 11.0.